The molecule has 72 valence electrons. The van der Waals surface area contributed by atoms with Gasteiger partial charge in [-0.1, -0.05) is 0 Å². The van der Waals surface area contributed by atoms with Crippen molar-refractivity contribution in [3.63, 3.8) is 0 Å². The molecule has 0 aliphatic carbocycles. The van der Waals surface area contributed by atoms with Crippen LogP contribution in [0.5, 0.6) is 0 Å². The number of imidazole rings is 1. The summed E-state index contributed by atoms with van der Waals surface area (Å²) in [5.41, 5.74) is 0. The molecule has 2 rings (SSSR count). The van der Waals surface area contributed by atoms with Crippen molar-refractivity contribution >= 4 is 15.9 Å². The van der Waals surface area contributed by atoms with E-state index in [2.05, 4.69) is 43.6 Å². The van der Waals surface area contributed by atoms with Gasteiger partial charge in [0.05, 0.1) is 0 Å². The van der Waals surface area contributed by atoms with Crippen LogP contribution in [0.4, 0.5) is 0 Å². The minimum Gasteiger partial charge on any atom is -0.322 e. The SMILES string of the molecule is CN1CCC(n2ccnc2Br)CC1. The van der Waals surface area contributed by atoms with Crippen LogP contribution in [0, 0.1) is 0 Å². The highest BCUT2D eigenvalue weighted by Crippen LogP contribution is 2.24. The first-order chi connectivity index (χ1) is 6.27. The van der Waals surface area contributed by atoms with Gasteiger partial charge in [0.1, 0.15) is 0 Å². The quantitative estimate of drug-likeness (QED) is 0.752. The Balaban J connectivity index is 2.06. The molecule has 0 atom stereocenters. The molecule has 1 aliphatic heterocycles. The van der Waals surface area contributed by atoms with E-state index in [0.717, 1.165) is 4.73 Å². The zero-order valence-corrected chi connectivity index (χ0v) is 9.37. The molecule has 0 N–H and O–H groups in total. The van der Waals surface area contributed by atoms with Gasteiger partial charge < -0.3 is 9.47 Å². The van der Waals surface area contributed by atoms with Crippen molar-refractivity contribution < 1.29 is 0 Å². The number of halogens is 1. The molecule has 4 heteroatoms. The molecule has 0 spiro atoms. The lowest BCUT2D eigenvalue weighted by Crippen LogP contribution is -2.31. The molecule has 13 heavy (non-hydrogen) atoms. The van der Waals surface area contributed by atoms with Crippen molar-refractivity contribution in [1.29, 1.82) is 0 Å². The first kappa shape index (κ1) is 9.21. The molecule has 3 nitrogen and oxygen atoms in total. The summed E-state index contributed by atoms with van der Waals surface area (Å²) >= 11 is 3.46. The van der Waals surface area contributed by atoms with Crippen molar-refractivity contribution in [2.45, 2.75) is 18.9 Å². The first-order valence-electron chi connectivity index (χ1n) is 4.64. The van der Waals surface area contributed by atoms with Crippen LogP contribution in [0.25, 0.3) is 0 Å². The molecule has 2 heterocycles. The first-order valence-corrected chi connectivity index (χ1v) is 5.43. The van der Waals surface area contributed by atoms with Crippen molar-refractivity contribution in [3.8, 4) is 0 Å². The number of aromatic nitrogens is 2. The monoisotopic (exact) mass is 243 g/mol. The molecule has 0 aromatic carbocycles. The van der Waals surface area contributed by atoms with Crippen molar-refractivity contribution in [2.24, 2.45) is 0 Å². The van der Waals surface area contributed by atoms with E-state index in [1.165, 1.54) is 25.9 Å². The standard InChI is InChI=1S/C9H14BrN3/c1-12-5-2-8(3-6-12)13-7-4-11-9(13)10/h4,7-8H,2-3,5-6H2,1H3. The molecule has 1 aromatic heterocycles. The Morgan fingerprint density at radius 3 is 2.69 bits per heavy atom. The van der Waals surface area contributed by atoms with E-state index in [9.17, 15) is 0 Å². The highest BCUT2D eigenvalue weighted by molar-refractivity contribution is 9.10. The number of hydrogen-bond acceptors (Lipinski definition) is 2. The van der Waals surface area contributed by atoms with E-state index >= 15 is 0 Å². The minimum atomic E-state index is 0.632. The van der Waals surface area contributed by atoms with E-state index in [-0.39, 0.29) is 0 Å². The van der Waals surface area contributed by atoms with Gasteiger partial charge in [0.25, 0.3) is 0 Å². The Kier molecular flexibility index (Phi) is 2.69. The van der Waals surface area contributed by atoms with E-state index in [1.807, 2.05) is 6.20 Å². The fraction of sp³-hybridized carbons (Fsp3) is 0.667. The maximum Gasteiger partial charge on any atom is 0.177 e. The van der Waals surface area contributed by atoms with Gasteiger partial charge in [-0.25, -0.2) is 4.98 Å². The van der Waals surface area contributed by atoms with Crippen molar-refractivity contribution in [3.05, 3.63) is 17.1 Å². The predicted octanol–water partition coefficient (Wildman–Crippen LogP) is 1.91. The summed E-state index contributed by atoms with van der Waals surface area (Å²) in [5, 5.41) is 0. The van der Waals surface area contributed by atoms with Gasteiger partial charge in [-0.05, 0) is 48.9 Å². The maximum absolute atomic E-state index is 4.18. The summed E-state index contributed by atoms with van der Waals surface area (Å²) in [6.45, 7) is 2.38. The van der Waals surface area contributed by atoms with Gasteiger partial charge in [0.2, 0.25) is 0 Å². The number of piperidine rings is 1. The minimum absolute atomic E-state index is 0.632. The second-order valence-electron chi connectivity index (χ2n) is 3.64. The summed E-state index contributed by atoms with van der Waals surface area (Å²) < 4.78 is 3.19. The third-order valence-electron chi connectivity index (χ3n) is 2.70. The van der Waals surface area contributed by atoms with Crippen molar-refractivity contribution in [1.82, 2.24) is 14.5 Å². The van der Waals surface area contributed by atoms with Crippen LogP contribution >= 0.6 is 15.9 Å². The number of likely N-dealkylation sites (tertiary alicyclic amines) is 1. The van der Waals surface area contributed by atoms with Gasteiger partial charge in [-0.15, -0.1) is 0 Å². The Labute approximate surface area is 86.9 Å². The lowest BCUT2D eigenvalue weighted by molar-refractivity contribution is 0.219. The number of nitrogens with zero attached hydrogens (tertiary/aromatic N) is 3. The summed E-state index contributed by atoms with van der Waals surface area (Å²) in [4.78, 5) is 6.55. The lowest BCUT2D eigenvalue weighted by atomic mass is 10.1. The summed E-state index contributed by atoms with van der Waals surface area (Å²) in [5.74, 6) is 0. The molecule has 0 saturated carbocycles. The average Bonchev–Trinajstić information content (AvgIpc) is 2.53. The Bertz CT molecular complexity index is 276. The van der Waals surface area contributed by atoms with Crippen molar-refractivity contribution in [2.75, 3.05) is 20.1 Å². The maximum atomic E-state index is 4.18. The third-order valence-corrected chi connectivity index (χ3v) is 3.32. The normalized spacial score (nSPS) is 20.8. The van der Waals surface area contributed by atoms with Crippen LogP contribution in [0.3, 0.4) is 0 Å². The summed E-state index contributed by atoms with van der Waals surface area (Å²) in [6.07, 6.45) is 6.36. The van der Waals surface area contributed by atoms with Gasteiger partial charge in [-0.3, -0.25) is 0 Å². The van der Waals surface area contributed by atoms with Gasteiger partial charge in [0, 0.05) is 18.4 Å². The molecule has 1 saturated heterocycles. The summed E-state index contributed by atoms with van der Waals surface area (Å²) in [7, 11) is 2.18. The highest BCUT2D eigenvalue weighted by atomic mass is 79.9. The fourth-order valence-electron chi connectivity index (χ4n) is 1.84. The second kappa shape index (κ2) is 3.80. The number of hydrogen-bond donors (Lipinski definition) is 0. The molecule has 0 amide bonds. The fourth-order valence-corrected chi connectivity index (χ4v) is 2.37. The number of rotatable bonds is 1. The average molecular weight is 244 g/mol. The topological polar surface area (TPSA) is 21.1 Å². The molecule has 1 aromatic rings. The molecule has 0 bridgehead atoms. The van der Waals surface area contributed by atoms with Crippen LogP contribution in [-0.2, 0) is 0 Å². The van der Waals surface area contributed by atoms with E-state index in [0.29, 0.717) is 6.04 Å². The smallest absolute Gasteiger partial charge is 0.177 e. The van der Waals surface area contributed by atoms with Crippen LogP contribution < -0.4 is 0 Å². The molecule has 0 unspecified atom stereocenters. The largest absolute Gasteiger partial charge is 0.322 e. The molecule has 0 radical (unpaired) electrons. The van der Waals surface area contributed by atoms with Gasteiger partial charge in [-0.2, -0.15) is 0 Å². The van der Waals surface area contributed by atoms with Crippen LogP contribution in [0.15, 0.2) is 17.1 Å². The zero-order chi connectivity index (χ0) is 9.26. The molecule has 1 fully saturated rings. The molecular weight excluding hydrogens is 230 g/mol. The Morgan fingerprint density at radius 2 is 2.15 bits per heavy atom. The second-order valence-corrected chi connectivity index (χ2v) is 4.35. The highest BCUT2D eigenvalue weighted by Gasteiger charge is 2.18. The predicted molar refractivity (Wildman–Crippen MR) is 55.7 cm³/mol. The Hall–Kier alpha value is -0.350. The van der Waals surface area contributed by atoms with Crippen LogP contribution in [0.1, 0.15) is 18.9 Å². The van der Waals surface area contributed by atoms with E-state index in [1.54, 1.807) is 0 Å². The van der Waals surface area contributed by atoms with Gasteiger partial charge >= 0.3 is 0 Å². The molecule has 1 aliphatic rings. The van der Waals surface area contributed by atoms with Crippen LogP contribution in [0.2, 0.25) is 0 Å². The van der Waals surface area contributed by atoms with E-state index in [4.69, 9.17) is 0 Å². The third kappa shape index (κ3) is 1.94. The van der Waals surface area contributed by atoms with E-state index < -0.39 is 0 Å². The molecular formula is C9H14BrN3. The lowest BCUT2D eigenvalue weighted by Gasteiger charge is -2.30. The Morgan fingerprint density at radius 1 is 1.46 bits per heavy atom. The zero-order valence-electron chi connectivity index (χ0n) is 7.78. The van der Waals surface area contributed by atoms with Gasteiger partial charge in [0.15, 0.2) is 4.73 Å². The summed E-state index contributed by atoms with van der Waals surface area (Å²) in [6, 6.07) is 0.632. The van der Waals surface area contributed by atoms with Crippen LogP contribution in [-0.4, -0.2) is 34.6 Å².